The van der Waals surface area contributed by atoms with Crippen LogP contribution in [0.1, 0.15) is 5.56 Å². The van der Waals surface area contributed by atoms with Crippen molar-refractivity contribution in [3.63, 3.8) is 0 Å². The van der Waals surface area contributed by atoms with Gasteiger partial charge in [-0.1, -0.05) is 12.1 Å². The van der Waals surface area contributed by atoms with E-state index in [2.05, 4.69) is 45.4 Å². The van der Waals surface area contributed by atoms with E-state index in [-0.39, 0.29) is 0 Å². The molecule has 0 saturated carbocycles. The van der Waals surface area contributed by atoms with Gasteiger partial charge in [0.05, 0.1) is 22.8 Å². The smallest absolute Gasteiger partial charge is 0.0991 e. The van der Waals surface area contributed by atoms with Crippen LogP contribution in [0.5, 0.6) is 0 Å². The van der Waals surface area contributed by atoms with Crippen LogP contribution in [-0.4, -0.2) is 4.57 Å². The summed E-state index contributed by atoms with van der Waals surface area (Å²) in [6.45, 7) is 0. The van der Waals surface area contributed by atoms with Crippen molar-refractivity contribution in [3.8, 4) is 11.8 Å². The van der Waals surface area contributed by atoms with Crippen LogP contribution in [0.2, 0.25) is 0 Å². The quantitative estimate of drug-likeness (QED) is 0.611. The highest BCUT2D eigenvalue weighted by Gasteiger charge is 2.06. The van der Waals surface area contributed by atoms with Gasteiger partial charge < -0.3 is 4.57 Å². The zero-order valence-electron chi connectivity index (χ0n) is 9.47. The SMILES string of the molecule is N#Cc1ccc2c(ccn2-c2ccccc2I)c1. The molecule has 2 nitrogen and oxygen atoms in total. The molecule has 0 N–H and O–H groups in total. The van der Waals surface area contributed by atoms with Crippen molar-refractivity contribution in [1.29, 1.82) is 5.26 Å². The molecule has 3 heteroatoms. The van der Waals surface area contributed by atoms with Crippen molar-refractivity contribution in [1.82, 2.24) is 4.57 Å². The second-order valence-corrected chi connectivity index (χ2v) is 5.18. The summed E-state index contributed by atoms with van der Waals surface area (Å²) in [6, 6.07) is 18.2. The molecule has 0 aliphatic rings. The van der Waals surface area contributed by atoms with Crippen molar-refractivity contribution >= 4 is 33.5 Å². The number of rotatable bonds is 1. The molecule has 0 unspecified atom stereocenters. The van der Waals surface area contributed by atoms with E-state index in [0.29, 0.717) is 5.56 Å². The third kappa shape index (κ3) is 1.79. The number of nitriles is 1. The van der Waals surface area contributed by atoms with E-state index >= 15 is 0 Å². The number of para-hydroxylation sites is 1. The molecule has 0 bridgehead atoms. The largest absolute Gasteiger partial charge is 0.315 e. The minimum absolute atomic E-state index is 0.697. The topological polar surface area (TPSA) is 28.7 Å². The van der Waals surface area contributed by atoms with Gasteiger partial charge in [0.25, 0.3) is 0 Å². The summed E-state index contributed by atoms with van der Waals surface area (Å²) in [5, 5.41) is 10.00. The first kappa shape index (κ1) is 11.3. The van der Waals surface area contributed by atoms with Gasteiger partial charge in [-0.25, -0.2) is 0 Å². The average molecular weight is 344 g/mol. The third-order valence-corrected chi connectivity index (χ3v) is 3.84. The Balaban J connectivity index is 2.26. The molecule has 1 heterocycles. The molecule has 0 aliphatic carbocycles. The van der Waals surface area contributed by atoms with Crippen LogP contribution in [0.4, 0.5) is 0 Å². The predicted molar refractivity (Wildman–Crippen MR) is 80.7 cm³/mol. The summed E-state index contributed by atoms with van der Waals surface area (Å²) in [7, 11) is 0. The molecular formula is C15H9IN2. The van der Waals surface area contributed by atoms with Crippen molar-refractivity contribution in [2.75, 3.05) is 0 Å². The molecule has 18 heavy (non-hydrogen) atoms. The molecule has 0 radical (unpaired) electrons. The maximum absolute atomic E-state index is 8.91. The number of hydrogen-bond acceptors (Lipinski definition) is 1. The lowest BCUT2D eigenvalue weighted by Crippen LogP contribution is -1.94. The lowest BCUT2D eigenvalue weighted by molar-refractivity contribution is 1.12. The predicted octanol–water partition coefficient (Wildman–Crippen LogP) is 4.11. The van der Waals surface area contributed by atoms with Gasteiger partial charge in [-0.15, -0.1) is 0 Å². The lowest BCUT2D eigenvalue weighted by Gasteiger charge is -2.07. The van der Waals surface area contributed by atoms with E-state index < -0.39 is 0 Å². The number of hydrogen-bond donors (Lipinski definition) is 0. The summed E-state index contributed by atoms with van der Waals surface area (Å²) in [6.07, 6.45) is 2.04. The normalized spacial score (nSPS) is 10.4. The van der Waals surface area contributed by atoms with Gasteiger partial charge in [-0.05, 0) is 59.0 Å². The Hall–Kier alpha value is -1.80. The van der Waals surface area contributed by atoms with E-state index in [1.165, 1.54) is 3.57 Å². The molecule has 0 saturated heterocycles. The van der Waals surface area contributed by atoms with Crippen molar-refractivity contribution in [2.24, 2.45) is 0 Å². The Labute approximate surface area is 119 Å². The highest BCUT2D eigenvalue weighted by molar-refractivity contribution is 14.1. The van der Waals surface area contributed by atoms with Crippen LogP contribution in [0.15, 0.2) is 54.7 Å². The Morgan fingerprint density at radius 1 is 1.06 bits per heavy atom. The molecule has 0 atom stereocenters. The summed E-state index contributed by atoms with van der Waals surface area (Å²) >= 11 is 2.34. The molecule has 3 aromatic rings. The maximum atomic E-state index is 8.91. The van der Waals surface area contributed by atoms with Gasteiger partial charge >= 0.3 is 0 Å². The first-order chi connectivity index (χ1) is 8.79. The standard InChI is InChI=1S/C15H9IN2/c16-13-3-1-2-4-15(13)18-8-7-12-9-11(10-17)5-6-14(12)18/h1-9H. The fourth-order valence-corrected chi connectivity index (χ4v) is 2.72. The zero-order chi connectivity index (χ0) is 12.5. The molecule has 1 aromatic heterocycles. The van der Waals surface area contributed by atoms with Crippen molar-refractivity contribution in [3.05, 3.63) is 63.9 Å². The minimum atomic E-state index is 0.697. The zero-order valence-corrected chi connectivity index (χ0v) is 11.6. The summed E-state index contributed by atoms with van der Waals surface area (Å²) < 4.78 is 3.36. The average Bonchev–Trinajstić information content (AvgIpc) is 2.82. The number of aromatic nitrogens is 1. The first-order valence-electron chi connectivity index (χ1n) is 5.56. The van der Waals surface area contributed by atoms with E-state index in [0.717, 1.165) is 16.6 Å². The second kappa shape index (κ2) is 4.46. The third-order valence-electron chi connectivity index (χ3n) is 2.93. The van der Waals surface area contributed by atoms with E-state index in [1.54, 1.807) is 0 Å². The van der Waals surface area contributed by atoms with Crippen LogP contribution in [0, 0.1) is 14.9 Å². The highest BCUT2D eigenvalue weighted by Crippen LogP contribution is 2.24. The monoisotopic (exact) mass is 344 g/mol. The number of benzene rings is 2. The molecule has 0 fully saturated rings. The summed E-state index contributed by atoms with van der Waals surface area (Å²) in [4.78, 5) is 0. The van der Waals surface area contributed by atoms with E-state index in [4.69, 9.17) is 5.26 Å². The van der Waals surface area contributed by atoms with Gasteiger partial charge in [0.2, 0.25) is 0 Å². The van der Waals surface area contributed by atoms with Gasteiger partial charge in [0.15, 0.2) is 0 Å². The molecule has 2 aromatic carbocycles. The van der Waals surface area contributed by atoms with Crippen LogP contribution >= 0.6 is 22.6 Å². The molecule has 3 rings (SSSR count). The first-order valence-corrected chi connectivity index (χ1v) is 6.63. The molecule has 0 spiro atoms. The molecule has 0 amide bonds. The fraction of sp³-hybridized carbons (Fsp3) is 0. The Bertz CT molecular complexity index is 766. The fourth-order valence-electron chi connectivity index (χ4n) is 2.07. The van der Waals surface area contributed by atoms with E-state index in [9.17, 15) is 0 Å². The molecule has 86 valence electrons. The Kier molecular flexibility index (Phi) is 2.80. The Morgan fingerprint density at radius 3 is 2.67 bits per heavy atom. The van der Waals surface area contributed by atoms with Crippen LogP contribution in [-0.2, 0) is 0 Å². The minimum Gasteiger partial charge on any atom is -0.315 e. The van der Waals surface area contributed by atoms with Gasteiger partial charge in [-0.3, -0.25) is 0 Å². The summed E-state index contributed by atoms with van der Waals surface area (Å²) in [5.41, 5.74) is 2.99. The van der Waals surface area contributed by atoms with Crippen LogP contribution in [0.3, 0.4) is 0 Å². The Morgan fingerprint density at radius 2 is 1.89 bits per heavy atom. The van der Waals surface area contributed by atoms with Gasteiger partial charge in [0, 0.05) is 15.2 Å². The molecular weight excluding hydrogens is 335 g/mol. The molecule has 0 aliphatic heterocycles. The second-order valence-electron chi connectivity index (χ2n) is 4.02. The van der Waals surface area contributed by atoms with Gasteiger partial charge in [-0.2, -0.15) is 5.26 Å². The highest BCUT2D eigenvalue weighted by atomic mass is 127. The number of halogens is 1. The van der Waals surface area contributed by atoms with E-state index in [1.807, 2.05) is 42.6 Å². The van der Waals surface area contributed by atoms with Gasteiger partial charge in [0.1, 0.15) is 0 Å². The maximum Gasteiger partial charge on any atom is 0.0991 e. The lowest BCUT2D eigenvalue weighted by atomic mass is 10.2. The van der Waals surface area contributed by atoms with Crippen LogP contribution in [0.25, 0.3) is 16.6 Å². The van der Waals surface area contributed by atoms with Crippen LogP contribution < -0.4 is 0 Å². The van der Waals surface area contributed by atoms with Crippen molar-refractivity contribution < 1.29 is 0 Å². The number of nitrogens with zero attached hydrogens (tertiary/aromatic N) is 2. The number of fused-ring (bicyclic) bond motifs is 1. The summed E-state index contributed by atoms with van der Waals surface area (Å²) in [5.74, 6) is 0. The van der Waals surface area contributed by atoms with Crippen molar-refractivity contribution in [2.45, 2.75) is 0 Å².